The average Bonchev–Trinajstić information content (AvgIpc) is 2.93. The first kappa shape index (κ1) is 15.8. The lowest BCUT2D eigenvalue weighted by Gasteiger charge is -2.25. The topological polar surface area (TPSA) is 64.3 Å². The second kappa shape index (κ2) is 7.99. The maximum Gasteiger partial charge on any atom is 0.249 e. The Morgan fingerprint density at radius 3 is 2.55 bits per heavy atom. The van der Waals surface area contributed by atoms with Crippen LogP contribution in [0.3, 0.4) is 0 Å². The molecule has 0 aromatic carbocycles. The van der Waals surface area contributed by atoms with Crippen molar-refractivity contribution in [2.75, 3.05) is 13.2 Å². The van der Waals surface area contributed by atoms with E-state index in [1.807, 2.05) is 6.92 Å². The summed E-state index contributed by atoms with van der Waals surface area (Å²) in [7, 11) is 0. The van der Waals surface area contributed by atoms with Gasteiger partial charge >= 0.3 is 0 Å². The zero-order valence-electron chi connectivity index (χ0n) is 12.8. The van der Waals surface area contributed by atoms with E-state index < -0.39 is 0 Å². The van der Waals surface area contributed by atoms with Gasteiger partial charge in [-0.3, -0.25) is 4.79 Å². The van der Waals surface area contributed by atoms with Gasteiger partial charge in [0.1, 0.15) is 6.10 Å². The predicted octanol–water partition coefficient (Wildman–Crippen LogP) is 2.22. The summed E-state index contributed by atoms with van der Waals surface area (Å²) in [6.07, 6.45) is 9.34. The third-order valence-electron chi connectivity index (χ3n) is 5.00. The first-order valence-electron chi connectivity index (χ1n) is 8.32. The van der Waals surface area contributed by atoms with Crippen molar-refractivity contribution in [1.29, 1.82) is 0 Å². The molecule has 2 fully saturated rings. The van der Waals surface area contributed by atoms with Crippen LogP contribution in [0.15, 0.2) is 0 Å². The van der Waals surface area contributed by atoms with E-state index in [9.17, 15) is 4.79 Å². The van der Waals surface area contributed by atoms with Gasteiger partial charge in [0.15, 0.2) is 0 Å². The molecule has 2 aliphatic rings. The van der Waals surface area contributed by atoms with Crippen molar-refractivity contribution in [3.8, 4) is 0 Å². The Labute approximate surface area is 122 Å². The molecule has 0 aliphatic heterocycles. The van der Waals surface area contributed by atoms with E-state index in [2.05, 4.69) is 5.32 Å². The van der Waals surface area contributed by atoms with Crippen LogP contribution in [0.2, 0.25) is 0 Å². The van der Waals surface area contributed by atoms with Crippen molar-refractivity contribution < 1.29 is 9.53 Å². The summed E-state index contributed by atoms with van der Waals surface area (Å²) in [6, 6.07) is 0.366. The molecule has 2 rings (SSSR count). The van der Waals surface area contributed by atoms with Gasteiger partial charge in [0.2, 0.25) is 5.91 Å². The number of nitrogens with one attached hydrogen (secondary N) is 1. The maximum absolute atomic E-state index is 12.1. The van der Waals surface area contributed by atoms with Gasteiger partial charge in [-0.05, 0) is 51.0 Å². The second-order valence-corrected chi connectivity index (χ2v) is 6.51. The van der Waals surface area contributed by atoms with Gasteiger partial charge in [-0.1, -0.05) is 25.7 Å². The highest BCUT2D eigenvalue weighted by Crippen LogP contribution is 2.31. The SMILES string of the molecule is CC(OCC1CCCC1CN)C(=O)NC1CCCCC1. The molecule has 0 radical (unpaired) electrons. The van der Waals surface area contributed by atoms with E-state index in [1.54, 1.807) is 0 Å². The highest BCUT2D eigenvalue weighted by atomic mass is 16.5. The summed E-state index contributed by atoms with van der Waals surface area (Å²) in [6.45, 7) is 3.29. The highest BCUT2D eigenvalue weighted by Gasteiger charge is 2.28. The first-order valence-corrected chi connectivity index (χ1v) is 8.32. The fraction of sp³-hybridized carbons (Fsp3) is 0.938. The van der Waals surface area contributed by atoms with E-state index in [0.29, 0.717) is 24.5 Å². The van der Waals surface area contributed by atoms with Crippen LogP contribution in [0.5, 0.6) is 0 Å². The Balaban J connectivity index is 1.68. The van der Waals surface area contributed by atoms with Crippen LogP contribution in [0.25, 0.3) is 0 Å². The molecular weight excluding hydrogens is 252 g/mol. The van der Waals surface area contributed by atoms with Gasteiger partial charge in [-0.15, -0.1) is 0 Å². The molecule has 20 heavy (non-hydrogen) atoms. The second-order valence-electron chi connectivity index (χ2n) is 6.51. The molecule has 0 saturated heterocycles. The van der Waals surface area contributed by atoms with Gasteiger partial charge in [0.25, 0.3) is 0 Å². The minimum absolute atomic E-state index is 0.0548. The van der Waals surface area contributed by atoms with Crippen molar-refractivity contribution in [2.24, 2.45) is 17.6 Å². The summed E-state index contributed by atoms with van der Waals surface area (Å²) in [5.74, 6) is 1.19. The third kappa shape index (κ3) is 4.45. The molecule has 2 aliphatic carbocycles. The minimum Gasteiger partial charge on any atom is -0.368 e. The average molecular weight is 282 g/mol. The molecule has 0 aromatic heterocycles. The molecule has 3 N–H and O–H groups in total. The highest BCUT2D eigenvalue weighted by molar-refractivity contribution is 5.80. The van der Waals surface area contributed by atoms with Crippen LogP contribution in [-0.2, 0) is 9.53 Å². The molecule has 2 saturated carbocycles. The summed E-state index contributed by atoms with van der Waals surface area (Å²) >= 11 is 0. The molecule has 4 nitrogen and oxygen atoms in total. The minimum atomic E-state index is -0.337. The predicted molar refractivity (Wildman–Crippen MR) is 80.3 cm³/mol. The first-order chi connectivity index (χ1) is 9.70. The fourth-order valence-corrected chi connectivity index (χ4v) is 3.55. The summed E-state index contributed by atoms with van der Waals surface area (Å²) in [4.78, 5) is 12.1. The Bertz CT molecular complexity index is 303. The number of carbonyl (C=O) groups excluding carboxylic acids is 1. The van der Waals surface area contributed by atoms with Crippen LogP contribution >= 0.6 is 0 Å². The van der Waals surface area contributed by atoms with E-state index in [-0.39, 0.29) is 12.0 Å². The van der Waals surface area contributed by atoms with Gasteiger partial charge in [0, 0.05) is 6.04 Å². The number of rotatable bonds is 6. The molecule has 1 amide bonds. The maximum atomic E-state index is 12.1. The van der Waals surface area contributed by atoms with E-state index in [4.69, 9.17) is 10.5 Å². The smallest absolute Gasteiger partial charge is 0.249 e. The Morgan fingerprint density at radius 1 is 1.15 bits per heavy atom. The largest absolute Gasteiger partial charge is 0.368 e. The molecule has 4 heteroatoms. The number of ether oxygens (including phenoxy) is 1. The van der Waals surface area contributed by atoms with Crippen molar-refractivity contribution in [3.05, 3.63) is 0 Å². The van der Waals surface area contributed by atoms with Crippen molar-refractivity contribution in [2.45, 2.75) is 70.4 Å². The molecule has 0 heterocycles. The van der Waals surface area contributed by atoms with Gasteiger partial charge in [0.05, 0.1) is 6.61 Å². The summed E-state index contributed by atoms with van der Waals surface area (Å²) in [5, 5.41) is 3.13. The van der Waals surface area contributed by atoms with Gasteiger partial charge in [-0.25, -0.2) is 0 Å². The van der Waals surface area contributed by atoms with E-state index in [0.717, 1.165) is 19.4 Å². The van der Waals surface area contributed by atoms with E-state index in [1.165, 1.54) is 38.5 Å². The van der Waals surface area contributed by atoms with E-state index >= 15 is 0 Å². The summed E-state index contributed by atoms with van der Waals surface area (Å²) < 4.78 is 5.79. The Kier molecular flexibility index (Phi) is 6.30. The van der Waals surface area contributed by atoms with Gasteiger partial charge in [-0.2, -0.15) is 0 Å². The lowest BCUT2D eigenvalue weighted by atomic mass is 9.95. The zero-order valence-corrected chi connectivity index (χ0v) is 12.8. The molecule has 116 valence electrons. The monoisotopic (exact) mass is 282 g/mol. The fourth-order valence-electron chi connectivity index (χ4n) is 3.55. The van der Waals surface area contributed by atoms with Crippen molar-refractivity contribution >= 4 is 5.91 Å². The Hall–Kier alpha value is -0.610. The third-order valence-corrected chi connectivity index (χ3v) is 5.00. The van der Waals surface area contributed by atoms with Crippen LogP contribution in [-0.4, -0.2) is 31.2 Å². The zero-order chi connectivity index (χ0) is 14.4. The van der Waals surface area contributed by atoms with Crippen LogP contribution in [0.4, 0.5) is 0 Å². The number of nitrogens with two attached hydrogens (primary N) is 1. The normalized spacial score (nSPS) is 29.3. The number of hydrogen-bond donors (Lipinski definition) is 2. The standard InChI is InChI=1S/C16H30N2O2/c1-12(16(19)18-15-8-3-2-4-9-15)20-11-14-7-5-6-13(14)10-17/h12-15H,2-11,17H2,1H3,(H,18,19). The summed E-state index contributed by atoms with van der Waals surface area (Å²) in [5.41, 5.74) is 5.78. The number of hydrogen-bond acceptors (Lipinski definition) is 3. The molecule has 0 spiro atoms. The van der Waals surface area contributed by atoms with Crippen LogP contribution < -0.4 is 11.1 Å². The Morgan fingerprint density at radius 2 is 1.85 bits per heavy atom. The number of carbonyl (C=O) groups is 1. The van der Waals surface area contributed by atoms with Crippen LogP contribution in [0.1, 0.15) is 58.3 Å². The molecule has 3 unspecified atom stereocenters. The lowest BCUT2D eigenvalue weighted by molar-refractivity contribution is -0.133. The van der Waals surface area contributed by atoms with Crippen LogP contribution in [0, 0.1) is 11.8 Å². The molecule has 0 bridgehead atoms. The van der Waals surface area contributed by atoms with Crippen molar-refractivity contribution in [3.63, 3.8) is 0 Å². The molecule has 3 atom stereocenters. The number of amides is 1. The molecular formula is C16H30N2O2. The molecule has 0 aromatic rings. The quantitative estimate of drug-likeness (QED) is 0.785. The van der Waals surface area contributed by atoms with Gasteiger partial charge < -0.3 is 15.8 Å². The van der Waals surface area contributed by atoms with Crippen molar-refractivity contribution in [1.82, 2.24) is 5.32 Å². The lowest BCUT2D eigenvalue weighted by Crippen LogP contribution is -2.42.